The lowest BCUT2D eigenvalue weighted by Gasteiger charge is -2.11. The lowest BCUT2D eigenvalue weighted by molar-refractivity contribution is 0.630. The number of halogens is 1. The van der Waals surface area contributed by atoms with Gasteiger partial charge >= 0.3 is 0 Å². The Balaban J connectivity index is 1.94. The van der Waals surface area contributed by atoms with Crippen LogP contribution in [0.25, 0.3) is 28.0 Å². The minimum Gasteiger partial charge on any atom is -0.306 e. The molecule has 23 heavy (non-hydrogen) atoms. The van der Waals surface area contributed by atoms with Crippen LogP contribution < -0.4 is 0 Å². The van der Waals surface area contributed by atoms with Crippen molar-refractivity contribution < 1.29 is 4.39 Å². The number of pyridine rings is 2. The normalized spacial score (nSPS) is 11.0. The first-order valence-corrected chi connectivity index (χ1v) is 7.37. The summed E-state index contributed by atoms with van der Waals surface area (Å²) < 4.78 is 16.2. The van der Waals surface area contributed by atoms with Crippen molar-refractivity contribution in [2.75, 3.05) is 0 Å². The topological polar surface area (TPSA) is 30.2 Å². The van der Waals surface area contributed by atoms with E-state index >= 15 is 0 Å². The Morgan fingerprint density at radius 2 is 1.87 bits per heavy atom. The third-order valence-corrected chi connectivity index (χ3v) is 3.88. The van der Waals surface area contributed by atoms with E-state index in [1.807, 2.05) is 54.0 Å². The summed E-state index contributed by atoms with van der Waals surface area (Å²) in [4.78, 5) is 8.68. The largest absolute Gasteiger partial charge is 0.306 e. The molecule has 0 saturated carbocycles. The monoisotopic (exact) mass is 303 g/mol. The maximum absolute atomic E-state index is 14.3. The van der Waals surface area contributed by atoms with E-state index in [1.165, 1.54) is 6.07 Å². The van der Waals surface area contributed by atoms with Crippen molar-refractivity contribution in [2.45, 2.75) is 6.92 Å². The summed E-state index contributed by atoms with van der Waals surface area (Å²) in [6, 6.07) is 12.8. The molecule has 3 nitrogen and oxygen atoms in total. The minimum atomic E-state index is -0.265. The lowest BCUT2D eigenvalue weighted by atomic mass is 9.99. The molecule has 0 radical (unpaired) electrons. The first-order chi connectivity index (χ1) is 11.2. The van der Waals surface area contributed by atoms with E-state index in [0.29, 0.717) is 11.3 Å². The maximum atomic E-state index is 14.3. The molecule has 0 N–H and O–H groups in total. The molecular formula is C19H14FN3. The highest BCUT2D eigenvalue weighted by Gasteiger charge is 2.13. The van der Waals surface area contributed by atoms with Crippen LogP contribution in [0.15, 0.2) is 67.3 Å². The molecule has 4 aromatic rings. The van der Waals surface area contributed by atoms with Gasteiger partial charge in [0.15, 0.2) is 0 Å². The van der Waals surface area contributed by atoms with Gasteiger partial charge < -0.3 is 4.40 Å². The van der Waals surface area contributed by atoms with Crippen LogP contribution in [0.1, 0.15) is 5.56 Å². The molecule has 0 saturated heterocycles. The Bertz CT molecular complexity index is 1000. The number of aryl methyl sites for hydroxylation is 1. The average Bonchev–Trinajstić information content (AvgIpc) is 3.05. The van der Waals surface area contributed by atoms with Crippen molar-refractivity contribution in [1.29, 1.82) is 0 Å². The van der Waals surface area contributed by atoms with E-state index in [4.69, 9.17) is 0 Å². The number of rotatable bonds is 2. The fourth-order valence-corrected chi connectivity index (χ4v) is 2.75. The predicted octanol–water partition coefficient (Wildman–Crippen LogP) is 4.51. The second kappa shape index (κ2) is 5.32. The zero-order chi connectivity index (χ0) is 15.8. The van der Waals surface area contributed by atoms with Crippen LogP contribution in [0.3, 0.4) is 0 Å². The van der Waals surface area contributed by atoms with Gasteiger partial charge in [-0.3, -0.25) is 4.98 Å². The molecule has 4 heteroatoms. The first-order valence-electron chi connectivity index (χ1n) is 7.37. The zero-order valence-corrected chi connectivity index (χ0v) is 12.6. The minimum absolute atomic E-state index is 0.265. The van der Waals surface area contributed by atoms with Crippen LogP contribution in [0.4, 0.5) is 4.39 Å². The van der Waals surface area contributed by atoms with Crippen molar-refractivity contribution in [1.82, 2.24) is 14.4 Å². The van der Waals surface area contributed by atoms with Gasteiger partial charge in [-0.15, -0.1) is 0 Å². The summed E-state index contributed by atoms with van der Waals surface area (Å²) in [5, 5.41) is 0. The van der Waals surface area contributed by atoms with Crippen molar-refractivity contribution in [3.05, 3.63) is 78.6 Å². The molecule has 4 rings (SSSR count). The molecule has 0 aliphatic rings. The molecular weight excluding hydrogens is 289 g/mol. The Morgan fingerprint density at radius 3 is 2.78 bits per heavy atom. The van der Waals surface area contributed by atoms with Crippen molar-refractivity contribution >= 4 is 5.65 Å². The van der Waals surface area contributed by atoms with Crippen molar-refractivity contribution in [2.24, 2.45) is 0 Å². The molecule has 3 aromatic heterocycles. The van der Waals surface area contributed by atoms with Crippen LogP contribution >= 0.6 is 0 Å². The number of hydrogen-bond acceptors (Lipinski definition) is 2. The second-order valence-corrected chi connectivity index (χ2v) is 5.49. The molecule has 0 amide bonds. The van der Waals surface area contributed by atoms with Gasteiger partial charge in [0.1, 0.15) is 11.5 Å². The molecule has 0 unspecified atom stereocenters. The maximum Gasteiger partial charge on any atom is 0.136 e. The summed E-state index contributed by atoms with van der Waals surface area (Å²) in [7, 11) is 0. The lowest BCUT2D eigenvalue weighted by Crippen LogP contribution is -1.94. The summed E-state index contributed by atoms with van der Waals surface area (Å²) >= 11 is 0. The quantitative estimate of drug-likeness (QED) is 0.545. The number of aromatic nitrogens is 3. The third kappa shape index (κ3) is 2.38. The van der Waals surface area contributed by atoms with Crippen LogP contribution in [0.2, 0.25) is 0 Å². The van der Waals surface area contributed by atoms with Crippen LogP contribution in [-0.2, 0) is 0 Å². The van der Waals surface area contributed by atoms with Crippen LogP contribution in [-0.4, -0.2) is 14.4 Å². The van der Waals surface area contributed by atoms with E-state index in [9.17, 15) is 4.39 Å². The van der Waals surface area contributed by atoms with Gasteiger partial charge in [0.25, 0.3) is 0 Å². The van der Waals surface area contributed by atoms with Gasteiger partial charge in [-0.05, 0) is 37.3 Å². The van der Waals surface area contributed by atoms with E-state index in [1.54, 1.807) is 18.5 Å². The standard InChI is InChI=1S/C19H14FN3/c1-13-4-6-17(20)16(11-13)19-15(3-2-8-22-19)14-5-7-18-21-9-10-23(18)12-14/h2-12H,1H3. The number of hydrogen-bond donors (Lipinski definition) is 0. The molecule has 0 bridgehead atoms. The van der Waals surface area contributed by atoms with Gasteiger partial charge in [-0.2, -0.15) is 0 Å². The number of nitrogens with zero attached hydrogens (tertiary/aromatic N) is 3. The third-order valence-electron chi connectivity index (χ3n) is 3.88. The SMILES string of the molecule is Cc1ccc(F)c(-c2ncccc2-c2ccc3nccn3c2)c1. The summed E-state index contributed by atoms with van der Waals surface area (Å²) in [5.41, 5.74) is 4.91. The van der Waals surface area contributed by atoms with Crippen LogP contribution in [0.5, 0.6) is 0 Å². The van der Waals surface area contributed by atoms with Gasteiger partial charge in [-0.25, -0.2) is 9.37 Å². The van der Waals surface area contributed by atoms with E-state index in [-0.39, 0.29) is 5.82 Å². The Hall–Kier alpha value is -3.01. The molecule has 3 heterocycles. The van der Waals surface area contributed by atoms with E-state index in [0.717, 1.165) is 22.3 Å². The van der Waals surface area contributed by atoms with Gasteiger partial charge in [0.2, 0.25) is 0 Å². The van der Waals surface area contributed by atoms with Gasteiger partial charge in [0.05, 0.1) is 5.69 Å². The number of benzene rings is 1. The van der Waals surface area contributed by atoms with E-state index < -0.39 is 0 Å². The summed E-state index contributed by atoms with van der Waals surface area (Å²) in [5.74, 6) is -0.265. The van der Waals surface area contributed by atoms with E-state index in [2.05, 4.69) is 9.97 Å². The van der Waals surface area contributed by atoms with Crippen molar-refractivity contribution in [3.8, 4) is 22.4 Å². The molecule has 112 valence electrons. The zero-order valence-electron chi connectivity index (χ0n) is 12.6. The fourth-order valence-electron chi connectivity index (χ4n) is 2.75. The molecule has 0 aliphatic carbocycles. The predicted molar refractivity (Wildman–Crippen MR) is 88.6 cm³/mol. The smallest absolute Gasteiger partial charge is 0.136 e. The molecule has 0 aliphatic heterocycles. The molecule has 0 fully saturated rings. The van der Waals surface area contributed by atoms with Crippen LogP contribution in [0, 0.1) is 12.7 Å². The second-order valence-electron chi connectivity index (χ2n) is 5.49. The summed E-state index contributed by atoms with van der Waals surface area (Å²) in [6.45, 7) is 1.95. The van der Waals surface area contributed by atoms with Gasteiger partial charge in [-0.1, -0.05) is 17.7 Å². The highest BCUT2D eigenvalue weighted by atomic mass is 19.1. The highest BCUT2D eigenvalue weighted by Crippen LogP contribution is 2.32. The van der Waals surface area contributed by atoms with Crippen molar-refractivity contribution in [3.63, 3.8) is 0 Å². The average molecular weight is 303 g/mol. The summed E-state index contributed by atoms with van der Waals surface area (Å²) in [6.07, 6.45) is 7.32. The number of imidazole rings is 1. The molecule has 0 spiro atoms. The first kappa shape index (κ1) is 13.6. The fraction of sp³-hybridized carbons (Fsp3) is 0.0526. The Kier molecular flexibility index (Phi) is 3.15. The Labute approximate surface area is 133 Å². The molecule has 0 atom stereocenters. The number of fused-ring (bicyclic) bond motifs is 1. The Morgan fingerprint density at radius 1 is 0.957 bits per heavy atom. The molecule has 1 aromatic carbocycles. The highest BCUT2D eigenvalue weighted by molar-refractivity contribution is 5.81. The van der Waals surface area contributed by atoms with Gasteiger partial charge in [0, 0.05) is 41.5 Å².